The number of halogens is 2. The minimum absolute atomic E-state index is 0.102. The first kappa shape index (κ1) is 23.4. The highest BCUT2D eigenvalue weighted by Gasteiger charge is 2.19. The minimum atomic E-state index is -0.681. The van der Waals surface area contributed by atoms with Crippen LogP contribution in [0.3, 0.4) is 0 Å². The van der Waals surface area contributed by atoms with E-state index in [0.717, 1.165) is 22.4 Å². The van der Waals surface area contributed by atoms with Crippen LogP contribution in [-0.4, -0.2) is 27.2 Å². The van der Waals surface area contributed by atoms with Crippen molar-refractivity contribution in [1.29, 1.82) is 0 Å². The van der Waals surface area contributed by atoms with Crippen LogP contribution in [0.25, 0.3) is 22.3 Å². The fourth-order valence-corrected chi connectivity index (χ4v) is 3.94. The summed E-state index contributed by atoms with van der Waals surface area (Å²) < 4.78 is 16.8. The molecule has 0 spiro atoms. The van der Waals surface area contributed by atoms with E-state index >= 15 is 4.39 Å². The van der Waals surface area contributed by atoms with Gasteiger partial charge in [-0.3, -0.25) is 9.48 Å². The van der Waals surface area contributed by atoms with Crippen molar-refractivity contribution in [3.05, 3.63) is 88.6 Å². The van der Waals surface area contributed by atoms with Crippen LogP contribution >= 0.6 is 11.6 Å². The summed E-state index contributed by atoms with van der Waals surface area (Å²) in [5, 5.41) is 7.55. The number of nitrogens with zero attached hydrogens (tertiary/aromatic N) is 3. The van der Waals surface area contributed by atoms with Gasteiger partial charge in [-0.2, -0.15) is 5.10 Å². The van der Waals surface area contributed by atoms with Gasteiger partial charge < -0.3 is 16.8 Å². The molecule has 0 aliphatic heterocycles. The van der Waals surface area contributed by atoms with E-state index < -0.39 is 17.8 Å². The Bertz CT molecular complexity index is 1370. The molecule has 2 aromatic heterocycles. The Hall–Kier alpha value is -3.75. The van der Waals surface area contributed by atoms with Crippen molar-refractivity contribution < 1.29 is 9.18 Å². The molecule has 0 saturated heterocycles. The number of rotatable bonds is 6. The lowest BCUT2D eigenvalue weighted by molar-refractivity contribution is 0.0934. The summed E-state index contributed by atoms with van der Waals surface area (Å²) in [7, 11) is 1.85. The van der Waals surface area contributed by atoms with Gasteiger partial charge in [0.15, 0.2) is 0 Å². The zero-order valence-electron chi connectivity index (χ0n) is 18.7. The fourth-order valence-electron chi connectivity index (χ4n) is 3.74. The summed E-state index contributed by atoms with van der Waals surface area (Å²) in [6.07, 6.45) is 3.40. The Labute approximate surface area is 201 Å². The van der Waals surface area contributed by atoms with Crippen molar-refractivity contribution in [2.45, 2.75) is 13.0 Å². The van der Waals surface area contributed by atoms with Crippen molar-refractivity contribution in [2.24, 2.45) is 12.8 Å². The Kier molecular flexibility index (Phi) is 6.63. The summed E-state index contributed by atoms with van der Waals surface area (Å²) in [4.78, 5) is 17.1. The summed E-state index contributed by atoms with van der Waals surface area (Å²) in [5.74, 6) is -1.00. The number of aryl methyl sites for hydroxylation is 1. The van der Waals surface area contributed by atoms with Gasteiger partial charge >= 0.3 is 0 Å². The standard InChI is InChI=1S/C25H24ClFN6O/c1-14-21(13-31-33(14)2)17-9-20(24(29)30-12-17)15-6-7-19(22(27)10-15)25(34)32-23(11-28)16-4-3-5-18(26)8-16/h3-10,12-13,23H,11,28H2,1-2H3,(H2,29,30)(H,32,34). The predicted octanol–water partition coefficient (Wildman–Crippen LogP) is 4.26. The topological polar surface area (TPSA) is 112 Å². The molecule has 9 heteroatoms. The average molecular weight is 479 g/mol. The molecule has 0 bridgehead atoms. The number of carbonyl (C=O) groups excluding carboxylic acids is 1. The van der Waals surface area contributed by atoms with Gasteiger partial charge in [-0.15, -0.1) is 0 Å². The van der Waals surface area contributed by atoms with Crippen molar-refractivity contribution >= 4 is 23.3 Å². The molecule has 4 aromatic rings. The second-order valence-electron chi connectivity index (χ2n) is 7.94. The Balaban J connectivity index is 1.61. The Morgan fingerprint density at radius 1 is 1.15 bits per heavy atom. The molecule has 0 aliphatic rings. The van der Waals surface area contributed by atoms with E-state index in [0.29, 0.717) is 16.1 Å². The Morgan fingerprint density at radius 2 is 1.94 bits per heavy atom. The second-order valence-corrected chi connectivity index (χ2v) is 8.37. The first-order valence-electron chi connectivity index (χ1n) is 10.6. The van der Waals surface area contributed by atoms with Crippen molar-refractivity contribution in [2.75, 3.05) is 12.3 Å². The number of nitrogens with two attached hydrogens (primary N) is 2. The third-order valence-electron chi connectivity index (χ3n) is 5.78. The van der Waals surface area contributed by atoms with E-state index in [1.807, 2.05) is 20.0 Å². The molecule has 7 nitrogen and oxygen atoms in total. The smallest absolute Gasteiger partial charge is 0.254 e. The zero-order valence-corrected chi connectivity index (χ0v) is 19.5. The van der Waals surface area contributed by atoms with E-state index in [4.69, 9.17) is 23.1 Å². The monoisotopic (exact) mass is 478 g/mol. The highest BCUT2D eigenvalue weighted by molar-refractivity contribution is 6.30. The first-order valence-corrected chi connectivity index (χ1v) is 11.0. The SMILES string of the molecule is Cc1c(-c2cnc(N)c(-c3ccc(C(=O)NC(CN)c4cccc(Cl)c4)c(F)c3)c2)cnn1C. The van der Waals surface area contributed by atoms with E-state index in [1.54, 1.807) is 47.4 Å². The molecule has 1 atom stereocenters. The summed E-state index contributed by atoms with van der Waals surface area (Å²) >= 11 is 6.04. The van der Waals surface area contributed by atoms with Crippen LogP contribution in [0, 0.1) is 12.7 Å². The summed E-state index contributed by atoms with van der Waals surface area (Å²) in [6.45, 7) is 2.08. The molecule has 1 amide bonds. The van der Waals surface area contributed by atoms with Crippen LogP contribution in [-0.2, 0) is 7.05 Å². The van der Waals surface area contributed by atoms with E-state index in [9.17, 15) is 4.79 Å². The molecule has 34 heavy (non-hydrogen) atoms. The molecule has 0 saturated carbocycles. The van der Waals surface area contributed by atoms with Crippen molar-refractivity contribution in [3.63, 3.8) is 0 Å². The lowest BCUT2D eigenvalue weighted by Crippen LogP contribution is -2.33. The maximum atomic E-state index is 15.0. The number of pyridine rings is 1. The average Bonchev–Trinajstić information content (AvgIpc) is 3.15. The molecule has 0 radical (unpaired) electrons. The number of hydrogen-bond donors (Lipinski definition) is 3. The maximum Gasteiger partial charge on any atom is 0.254 e. The maximum absolute atomic E-state index is 15.0. The van der Waals surface area contributed by atoms with Gasteiger partial charge in [0.1, 0.15) is 11.6 Å². The lowest BCUT2D eigenvalue weighted by Gasteiger charge is -2.18. The number of hydrogen-bond acceptors (Lipinski definition) is 5. The molecule has 1 unspecified atom stereocenters. The second kappa shape index (κ2) is 9.62. The molecule has 0 aliphatic carbocycles. The number of anilines is 1. The third kappa shape index (κ3) is 4.64. The zero-order chi connectivity index (χ0) is 24.4. The molecule has 0 fully saturated rings. The van der Waals surface area contributed by atoms with Gasteiger partial charge in [0, 0.05) is 47.2 Å². The Morgan fingerprint density at radius 3 is 2.59 bits per heavy atom. The molecule has 4 rings (SSSR count). The van der Waals surface area contributed by atoms with Gasteiger partial charge in [-0.05, 0) is 48.4 Å². The number of aromatic nitrogens is 3. The molecule has 174 valence electrons. The van der Waals surface area contributed by atoms with E-state index in [2.05, 4.69) is 15.4 Å². The summed E-state index contributed by atoms with van der Waals surface area (Å²) in [6, 6.07) is 12.7. The quantitative estimate of drug-likeness (QED) is 0.383. The van der Waals surface area contributed by atoms with Gasteiger partial charge in [0.05, 0.1) is 17.8 Å². The highest BCUT2D eigenvalue weighted by Crippen LogP contribution is 2.31. The van der Waals surface area contributed by atoms with Crippen LogP contribution < -0.4 is 16.8 Å². The molecule has 2 aromatic carbocycles. The van der Waals surface area contributed by atoms with Gasteiger partial charge in [-0.25, -0.2) is 9.37 Å². The molecule has 5 N–H and O–H groups in total. The number of carbonyl (C=O) groups is 1. The third-order valence-corrected chi connectivity index (χ3v) is 6.02. The molecular formula is C25H24ClFN6O. The number of nitrogens with one attached hydrogen (secondary N) is 1. The normalized spacial score (nSPS) is 11.9. The lowest BCUT2D eigenvalue weighted by atomic mass is 9.99. The fraction of sp³-hybridized carbons (Fsp3) is 0.160. The van der Waals surface area contributed by atoms with Crippen LogP contribution in [0.4, 0.5) is 10.2 Å². The van der Waals surface area contributed by atoms with Gasteiger partial charge in [0.25, 0.3) is 5.91 Å². The van der Waals surface area contributed by atoms with E-state index in [1.165, 1.54) is 12.1 Å². The van der Waals surface area contributed by atoms with Gasteiger partial charge in [0.2, 0.25) is 0 Å². The first-order chi connectivity index (χ1) is 16.3. The van der Waals surface area contributed by atoms with Crippen LogP contribution in [0.1, 0.15) is 27.7 Å². The predicted molar refractivity (Wildman–Crippen MR) is 132 cm³/mol. The number of benzene rings is 2. The van der Waals surface area contributed by atoms with E-state index in [-0.39, 0.29) is 17.9 Å². The largest absolute Gasteiger partial charge is 0.383 e. The summed E-state index contributed by atoms with van der Waals surface area (Å²) in [5.41, 5.74) is 16.3. The van der Waals surface area contributed by atoms with Crippen molar-refractivity contribution in [1.82, 2.24) is 20.1 Å². The highest BCUT2D eigenvalue weighted by atomic mass is 35.5. The van der Waals surface area contributed by atoms with Crippen LogP contribution in [0.15, 0.2) is 60.9 Å². The van der Waals surface area contributed by atoms with Gasteiger partial charge in [-0.1, -0.05) is 29.8 Å². The van der Waals surface area contributed by atoms with Crippen LogP contribution in [0.5, 0.6) is 0 Å². The molecular weight excluding hydrogens is 455 g/mol. The number of amides is 1. The number of nitrogen functional groups attached to an aromatic ring is 1. The van der Waals surface area contributed by atoms with Crippen LogP contribution in [0.2, 0.25) is 5.02 Å². The van der Waals surface area contributed by atoms with Crippen molar-refractivity contribution in [3.8, 4) is 22.3 Å². The minimum Gasteiger partial charge on any atom is -0.383 e. The molecule has 2 heterocycles.